The van der Waals surface area contributed by atoms with Gasteiger partial charge in [-0.1, -0.05) is 28.1 Å². The molecular weight excluding hydrogens is 531 g/mol. The Hall–Kier alpha value is -1.19. The number of carbonyl (C=O) groups excluding carboxylic acids is 1. The molecule has 29 heavy (non-hydrogen) atoms. The molecule has 1 aromatic carbocycles. The summed E-state index contributed by atoms with van der Waals surface area (Å²) in [6.07, 6.45) is -7.48. The molecule has 1 aromatic rings. The van der Waals surface area contributed by atoms with Crippen LogP contribution in [0.25, 0.3) is 0 Å². The summed E-state index contributed by atoms with van der Waals surface area (Å²) in [4.78, 5) is 11.6. The average Bonchev–Trinajstić information content (AvgIpc) is 2.52. The van der Waals surface area contributed by atoms with Gasteiger partial charge in [0.2, 0.25) is 5.12 Å². The van der Waals surface area contributed by atoms with Gasteiger partial charge in [0.25, 0.3) is 0 Å². The number of alkyl halides is 13. The van der Waals surface area contributed by atoms with E-state index < -0.39 is 57.6 Å². The normalized spacial score (nSPS) is 14.8. The van der Waals surface area contributed by atoms with Gasteiger partial charge < -0.3 is 0 Å². The van der Waals surface area contributed by atoms with Gasteiger partial charge in [-0.3, -0.25) is 4.79 Å². The van der Waals surface area contributed by atoms with Crippen molar-refractivity contribution in [1.29, 1.82) is 0 Å². The van der Waals surface area contributed by atoms with Crippen LogP contribution in [0.3, 0.4) is 0 Å². The van der Waals surface area contributed by atoms with Gasteiger partial charge in [-0.25, -0.2) is 0 Å². The van der Waals surface area contributed by atoms with Crippen LogP contribution in [0.4, 0.5) is 57.1 Å². The van der Waals surface area contributed by atoms with E-state index in [0.29, 0.717) is 0 Å². The van der Waals surface area contributed by atoms with Crippen molar-refractivity contribution in [3.63, 3.8) is 0 Å². The summed E-state index contributed by atoms with van der Waals surface area (Å²) in [5, 5.41) is -8.60. The summed E-state index contributed by atoms with van der Waals surface area (Å²) >= 11 is 0.791. The third-order valence-corrected chi connectivity index (χ3v) is 4.61. The second-order valence-electron chi connectivity index (χ2n) is 5.21. The van der Waals surface area contributed by atoms with Crippen molar-refractivity contribution >= 4 is 32.8 Å². The van der Waals surface area contributed by atoms with Gasteiger partial charge in [0, 0.05) is 10.0 Å². The number of hydrogen-bond donors (Lipinski definition) is 0. The number of carbonyl (C=O) groups is 1. The molecule has 0 spiro atoms. The minimum Gasteiger partial charge on any atom is -0.281 e. The smallest absolute Gasteiger partial charge is 0.281 e. The Kier molecular flexibility index (Phi) is 6.68. The van der Waals surface area contributed by atoms with Crippen LogP contribution in [0.15, 0.2) is 28.7 Å². The standard InChI is InChI=1S/C13H4BrF13OS/c14-6-3-1-2-5(4-6)7(28)29-13(26,27)11(21,22)9(17,18)8(15,16)10(19,20)12(23,24)25/h1-4H. The summed E-state index contributed by atoms with van der Waals surface area (Å²) in [5.41, 5.74) is -0.824. The Morgan fingerprint density at radius 2 is 1.17 bits per heavy atom. The highest BCUT2D eigenvalue weighted by atomic mass is 79.9. The molecule has 0 atom stereocenters. The van der Waals surface area contributed by atoms with Crippen LogP contribution in [-0.4, -0.2) is 40.2 Å². The lowest BCUT2D eigenvalue weighted by atomic mass is 9.98. The van der Waals surface area contributed by atoms with E-state index in [9.17, 15) is 61.9 Å². The maximum Gasteiger partial charge on any atom is 0.460 e. The lowest BCUT2D eigenvalue weighted by molar-refractivity contribution is -0.433. The molecule has 0 fully saturated rings. The molecule has 0 saturated heterocycles. The lowest BCUT2D eigenvalue weighted by Crippen LogP contribution is -2.69. The highest BCUT2D eigenvalue weighted by Gasteiger charge is 2.91. The van der Waals surface area contributed by atoms with Crippen molar-refractivity contribution in [2.75, 3.05) is 0 Å². The first-order chi connectivity index (χ1) is 12.6. The van der Waals surface area contributed by atoms with Crippen molar-refractivity contribution < 1.29 is 61.9 Å². The fraction of sp³-hybridized carbons (Fsp3) is 0.462. The molecule has 0 radical (unpaired) electrons. The van der Waals surface area contributed by atoms with Crippen molar-refractivity contribution in [1.82, 2.24) is 0 Å². The highest BCUT2D eigenvalue weighted by molar-refractivity contribution is 9.10. The highest BCUT2D eigenvalue weighted by Crippen LogP contribution is 2.62. The van der Waals surface area contributed by atoms with Crippen molar-refractivity contribution in [2.24, 2.45) is 0 Å². The SMILES string of the molecule is O=C(SC(F)(F)C(F)(F)C(F)(F)C(F)(F)C(F)(F)C(F)(F)F)c1cccc(Br)c1. The van der Waals surface area contributed by atoms with E-state index in [2.05, 4.69) is 15.9 Å². The molecule has 0 aliphatic heterocycles. The molecule has 0 saturated carbocycles. The number of rotatable bonds is 6. The molecule has 1 nitrogen and oxygen atoms in total. The van der Waals surface area contributed by atoms with E-state index in [1.54, 1.807) is 0 Å². The van der Waals surface area contributed by atoms with Crippen LogP contribution in [0.5, 0.6) is 0 Å². The Bertz CT molecular complexity index is 774. The molecule has 16 heteroatoms. The minimum atomic E-state index is -8.00. The maximum absolute atomic E-state index is 13.6. The molecule has 0 amide bonds. The van der Waals surface area contributed by atoms with Crippen molar-refractivity contribution in [2.45, 2.75) is 35.1 Å². The second kappa shape index (κ2) is 7.50. The van der Waals surface area contributed by atoms with Crippen LogP contribution in [0, 0.1) is 0 Å². The average molecular weight is 535 g/mol. The molecule has 0 aliphatic carbocycles. The molecule has 0 aliphatic rings. The number of halogens is 14. The molecule has 166 valence electrons. The first-order valence-electron chi connectivity index (χ1n) is 6.58. The van der Waals surface area contributed by atoms with Crippen LogP contribution in [0.2, 0.25) is 0 Å². The lowest BCUT2D eigenvalue weighted by Gasteiger charge is -2.39. The third kappa shape index (κ3) is 4.18. The van der Waals surface area contributed by atoms with Crippen molar-refractivity contribution in [3.8, 4) is 0 Å². The third-order valence-electron chi connectivity index (χ3n) is 3.19. The van der Waals surface area contributed by atoms with Gasteiger partial charge in [-0.15, -0.1) is 0 Å². The summed E-state index contributed by atoms with van der Waals surface area (Å²) in [6.45, 7) is 0. The van der Waals surface area contributed by atoms with E-state index in [1.807, 2.05) is 0 Å². The first-order valence-corrected chi connectivity index (χ1v) is 8.19. The fourth-order valence-corrected chi connectivity index (χ4v) is 2.74. The van der Waals surface area contributed by atoms with Gasteiger partial charge in [0.05, 0.1) is 0 Å². The van der Waals surface area contributed by atoms with Crippen LogP contribution >= 0.6 is 27.7 Å². The number of benzene rings is 1. The zero-order chi connectivity index (χ0) is 23.3. The van der Waals surface area contributed by atoms with E-state index in [4.69, 9.17) is 0 Å². The van der Waals surface area contributed by atoms with Crippen LogP contribution < -0.4 is 0 Å². The van der Waals surface area contributed by atoms with Gasteiger partial charge in [-0.05, 0) is 23.9 Å². The maximum atomic E-state index is 13.6. The molecule has 0 N–H and O–H groups in total. The zero-order valence-electron chi connectivity index (χ0n) is 12.9. The quantitative estimate of drug-likeness (QED) is 0.365. The van der Waals surface area contributed by atoms with Gasteiger partial charge in [0.15, 0.2) is 0 Å². The predicted octanol–water partition coefficient (Wildman–Crippen LogP) is 7.02. The van der Waals surface area contributed by atoms with Crippen LogP contribution in [0.1, 0.15) is 10.4 Å². The van der Waals surface area contributed by atoms with Crippen LogP contribution in [-0.2, 0) is 0 Å². The first kappa shape index (κ1) is 25.8. The fourth-order valence-electron chi connectivity index (χ4n) is 1.61. The van der Waals surface area contributed by atoms with E-state index in [1.165, 1.54) is 6.07 Å². The monoisotopic (exact) mass is 534 g/mol. The second-order valence-corrected chi connectivity index (χ2v) is 7.22. The molecular formula is C13H4BrF13OS. The van der Waals surface area contributed by atoms with E-state index in [0.717, 1.165) is 18.2 Å². The Labute approximate surface area is 164 Å². The Balaban J connectivity index is 3.37. The molecule has 0 unspecified atom stereocenters. The number of hydrogen-bond acceptors (Lipinski definition) is 2. The zero-order valence-corrected chi connectivity index (χ0v) is 15.3. The summed E-state index contributed by atoms with van der Waals surface area (Å²) in [5.74, 6) is -31.2. The van der Waals surface area contributed by atoms with Gasteiger partial charge in [0.1, 0.15) is 0 Å². The summed E-state index contributed by atoms with van der Waals surface area (Å²) in [6, 6.07) is 3.66. The molecule has 0 bridgehead atoms. The van der Waals surface area contributed by atoms with Crippen molar-refractivity contribution in [3.05, 3.63) is 34.3 Å². The van der Waals surface area contributed by atoms with E-state index >= 15 is 0 Å². The molecule has 0 heterocycles. The summed E-state index contributed by atoms with van der Waals surface area (Å²) in [7, 11) is 0. The molecule has 1 rings (SSSR count). The predicted molar refractivity (Wildman–Crippen MR) is 76.9 cm³/mol. The molecule has 0 aromatic heterocycles. The Morgan fingerprint density at radius 1 is 0.724 bits per heavy atom. The van der Waals surface area contributed by atoms with Gasteiger partial charge in [-0.2, -0.15) is 57.1 Å². The largest absolute Gasteiger partial charge is 0.460 e. The van der Waals surface area contributed by atoms with E-state index in [-0.39, 0.29) is 4.47 Å². The van der Waals surface area contributed by atoms with Gasteiger partial charge >= 0.3 is 35.1 Å². The Morgan fingerprint density at radius 3 is 1.59 bits per heavy atom. The topological polar surface area (TPSA) is 17.1 Å². The minimum absolute atomic E-state index is 0.0145. The summed E-state index contributed by atoms with van der Waals surface area (Å²) < 4.78 is 168. The number of thioether (sulfide) groups is 1.